The summed E-state index contributed by atoms with van der Waals surface area (Å²) < 4.78 is 9.89. The Morgan fingerprint density at radius 2 is 0.833 bits per heavy atom. The highest BCUT2D eigenvalue weighted by atomic mass is 33.1. The molecule has 0 atom stereocenters. The van der Waals surface area contributed by atoms with E-state index in [0.717, 1.165) is 21.6 Å². The van der Waals surface area contributed by atoms with Gasteiger partial charge in [0.15, 0.2) is 60.8 Å². The number of carbonyl (C=O) groups is 6. The molecule has 2 aromatic heterocycles. The summed E-state index contributed by atoms with van der Waals surface area (Å²) in [6.07, 6.45) is 1.88. The molecule has 0 bridgehead atoms. The monoisotopic (exact) mass is 366 g/mol. The van der Waals surface area contributed by atoms with E-state index in [9.17, 15) is 28.8 Å². The first-order valence-corrected chi connectivity index (χ1v) is 8.19. The second kappa shape index (κ2) is 7.70. The molecule has 24 heavy (non-hydrogen) atoms. The van der Waals surface area contributed by atoms with Gasteiger partial charge in [-0.05, 0) is 21.6 Å². The molecule has 2 rings (SSSR count). The minimum Gasteiger partial charge on any atom is -0.448 e. The molecule has 0 aliphatic heterocycles. The molecule has 0 aromatic carbocycles. The van der Waals surface area contributed by atoms with Gasteiger partial charge in [0, 0.05) is 0 Å². The van der Waals surface area contributed by atoms with Crippen molar-refractivity contribution in [2.24, 2.45) is 0 Å². The molecule has 0 radical (unpaired) electrons. The Morgan fingerprint density at radius 3 is 1.08 bits per heavy atom. The molecule has 0 fully saturated rings. The summed E-state index contributed by atoms with van der Waals surface area (Å²) in [5.74, 6) is -1.14. The zero-order chi connectivity index (χ0) is 17.7. The molecule has 0 spiro atoms. The van der Waals surface area contributed by atoms with Gasteiger partial charge < -0.3 is 8.83 Å². The first-order valence-electron chi connectivity index (χ1n) is 6.04. The van der Waals surface area contributed by atoms with E-state index in [0.29, 0.717) is 25.1 Å². The van der Waals surface area contributed by atoms with Crippen molar-refractivity contribution in [2.45, 2.75) is 9.79 Å². The summed E-state index contributed by atoms with van der Waals surface area (Å²) in [6, 6.07) is 0. The molecule has 2 aromatic rings. The van der Waals surface area contributed by atoms with E-state index in [1.165, 1.54) is 0 Å². The Balaban J connectivity index is 2.45. The lowest BCUT2D eigenvalue weighted by Gasteiger charge is -1.99. The van der Waals surface area contributed by atoms with Crippen LogP contribution in [0.25, 0.3) is 0 Å². The SMILES string of the molecule is O=Cc1oc(C=O)c(SSc2c(C=O)oc(C=O)c2C=O)c1C=O. The van der Waals surface area contributed by atoms with E-state index in [2.05, 4.69) is 0 Å². The number of aldehydes is 6. The zero-order valence-electron chi connectivity index (χ0n) is 11.5. The fraction of sp³-hybridized carbons (Fsp3) is 0. The Kier molecular flexibility index (Phi) is 5.66. The molecule has 0 unspecified atom stereocenters. The third-order valence-corrected chi connectivity index (χ3v) is 5.29. The van der Waals surface area contributed by atoms with Crippen molar-refractivity contribution in [3.63, 3.8) is 0 Å². The first kappa shape index (κ1) is 17.6. The minimum atomic E-state index is -0.317. The minimum absolute atomic E-state index is 0.0506. The second-order valence-electron chi connectivity index (χ2n) is 4.02. The number of carbonyl (C=O) groups excluding carboxylic acids is 6. The maximum Gasteiger partial charge on any atom is 0.186 e. The fourth-order valence-electron chi connectivity index (χ4n) is 1.74. The number of hydrogen-bond acceptors (Lipinski definition) is 10. The third-order valence-electron chi connectivity index (χ3n) is 2.78. The zero-order valence-corrected chi connectivity index (χ0v) is 13.2. The van der Waals surface area contributed by atoms with Gasteiger partial charge in [-0.25, -0.2) is 0 Å². The number of rotatable bonds is 9. The summed E-state index contributed by atoms with van der Waals surface area (Å²) in [6.45, 7) is 0. The molecule has 2 heterocycles. The molecule has 122 valence electrons. The average Bonchev–Trinajstić information content (AvgIpc) is 3.15. The molecule has 10 heteroatoms. The molecule has 0 saturated heterocycles. The maximum atomic E-state index is 11.1. The molecule has 0 aliphatic rings. The summed E-state index contributed by atoms with van der Waals surface area (Å²) in [7, 11) is 1.61. The van der Waals surface area contributed by atoms with Gasteiger partial charge in [-0.15, -0.1) is 0 Å². The predicted octanol–water partition coefficient (Wildman–Crippen LogP) is 2.55. The van der Waals surface area contributed by atoms with Crippen LogP contribution in [0.2, 0.25) is 0 Å². The highest BCUT2D eigenvalue weighted by molar-refractivity contribution is 8.76. The van der Waals surface area contributed by atoms with Crippen molar-refractivity contribution in [3.8, 4) is 0 Å². The lowest BCUT2D eigenvalue weighted by molar-refractivity contribution is 0.106. The van der Waals surface area contributed by atoms with Gasteiger partial charge in [0.25, 0.3) is 0 Å². The Hall–Kier alpha value is -2.72. The van der Waals surface area contributed by atoms with Crippen molar-refractivity contribution < 1.29 is 37.6 Å². The normalized spacial score (nSPS) is 10.2. The van der Waals surface area contributed by atoms with Crippen LogP contribution in [-0.2, 0) is 0 Å². The van der Waals surface area contributed by atoms with Gasteiger partial charge in [-0.1, -0.05) is 0 Å². The van der Waals surface area contributed by atoms with Crippen molar-refractivity contribution in [1.29, 1.82) is 0 Å². The standard InChI is InChI=1S/C14H6O8S2/c15-1-7-9(3-17)21-11(5-19)13(7)23-24-14-8(2-16)10(4-18)22-12(14)6-20/h1-6H. The van der Waals surface area contributed by atoms with E-state index >= 15 is 0 Å². The van der Waals surface area contributed by atoms with Crippen LogP contribution in [0.3, 0.4) is 0 Å². The van der Waals surface area contributed by atoms with Crippen LogP contribution < -0.4 is 0 Å². The van der Waals surface area contributed by atoms with Crippen LogP contribution in [0.1, 0.15) is 62.9 Å². The lowest BCUT2D eigenvalue weighted by Crippen LogP contribution is -1.88. The highest BCUT2D eigenvalue weighted by Crippen LogP contribution is 2.45. The van der Waals surface area contributed by atoms with Crippen LogP contribution in [0.5, 0.6) is 0 Å². The predicted molar refractivity (Wildman–Crippen MR) is 81.5 cm³/mol. The number of hydrogen-bond donors (Lipinski definition) is 0. The summed E-state index contributed by atoms with van der Waals surface area (Å²) in [5.41, 5.74) is -0.270. The Labute approximate surface area is 141 Å². The molecular weight excluding hydrogens is 360 g/mol. The van der Waals surface area contributed by atoms with E-state index in [4.69, 9.17) is 8.83 Å². The maximum absolute atomic E-state index is 11.1. The van der Waals surface area contributed by atoms with Crippen molar-refractivity contribution in [2.75, 3.05) is 0 Å². The first-order chi connectivity index (χ1) is 11.6. The summed E-state index contributed by atoms with van der Waals surface area (Å²) in [5, 5.41) is 0. The number of furan rings is 2. The van der Waals surface area contributed by atoms with Crippen LogP contribution in [0, 0.1) is 0 Å². The van der Waals surface area contributed by atoms with E-state index in [1.54, 1.807) is 0 Å². The van der Waals surface area contributed by atoms with Gasteiger partial charge in [-0.3, -0.25) is 28.8 Å². The molecular formula is C14H6O8S2. The third kappa shape index (κ3) is 3.01. The van der Waals surface area contributed by atoms with Gasteiger partial charge in [0.05, 0.1) is 20.9 Å². The van der Waals surface area contributed by atoms with Crippen molar-refractivity contribution in [3.05, 3.63) is 34.2 Å². The molecule has 8 nitrogen and oxygen atoms in total. The van der Waals surface area contributed by atoms with Crippen molar-refractivity contribution >= 4 is 59.3 Å². The summed E-state index contributed by atoms with van der Waals surface area (Å²) >= 11 is 0. The molecule has 0 aliphatic carbocycles. The Bertz CT molecular complexity index is 775. The van der Waals surface area contributed by atoms with E-state index in [-0.39, 0.29) is 56.5 Å². The average molecular weight is 366 g/mol. The van der Waals surface area contributed by atoms with Crippen LogP contribution in [-0.4, -0.2) is 37.7 Å². The van der Waals surface area contributed by atoms with Crippen LogP contribution >= 0.6 is 21.6 Å². The van der Waals surface area contributed by atoms with Crippen LogP contribution in [0.4, 0.5) is 0 Å². The van der Waals surface area contributed by atoms with E-state index in [1.807, 2.05) is 0 Å². The quantitative estimate of drug-likeness (QED) is 0.482. The second-order valence-corrected chi connectivity index (χ2v) is 6.17. The Morgan fingerprint density at radius 1 is 0.500 bits per heavy atom. The van der Waals surface area contributed by atoms with Gasteiger partial charge >= 0.3 is 0 Å². The fourth-order valence-corrected chi connectivity index (χ4v) is 4.26. The smallest absolute Gasteiger partial charge is 0.186 e. The van der Waals surface area contributed by atoms with Gasteiger partial charge in [0.1, 0.15) is 0 Å². The highest BCUT2D eigenvalue weighted by Gasteiger charge is 2.24. The molecule has 0 N–H and O–H groups in total. The van der Waals surface area contributed by atoms with Gasteiger partial charge in [0.2, 0.25) is 0 Å². The molecule has 0 saturated carbocycles. The van der Waals surface area contributed by atoms with Crippen LogP contribution in [0.15, 0.2) is 18.6 Å². The summed E-state index contributed by atoms with van der Waals surface area (Å²) in [4.78, 5) is 66.0. The lowest BCUT2D eigenvalue weighted by atomic mass is 10.3. The van der Waals surface area contributed by atoms with Gasteiger partial charge in [-0.2, -0.15) is 0 Å². The largest absolute Gasteiger partial charge is 0.448 e. The molecule has 0 amide bonds. The topological polar surface area (TPSA) is 129 Å². The van der Waals surface area contributed by atoms with Crippen molar-refractivity contribution in [1.82, 2.24) is 0 Å². The van der Waals surface area contributed by atoms with E-state index < -0.39 is 0 Å².